The minimum Gasteiger partial charge on any atom is -0.469 e. The molecule has 0 unspecified atom stereocenters. The van der Waals surface area contributed by atoms with Crippen molar-refractivity contribution in [3.05, 3.63) is 57.5 Å². The van der Waals surface area contributed by atoms with Crippen LogP contribution >= 0.6 is 11.6 Å². The molecule has 2 N–H and O–H groups in total. The van der Waals surface area contributed by atoms with Crippen molar-refractivity contribution < 1.29 is 9.53 Å². The first-order chi connectivity index (χ1) is 13.0. The van der Waals surface area contributed by atoms with Crippen LogP contribution in [0.1, 0.15) is 30.9 Å². The number of nitrogens with zero attached hydrogens (tertiary/aromatic N) is 2. The zero-order chi connectivity index (χ0) is 19.1. The number of fused-ring (bicyclic) bond motifs is 1. The third kappa shape index (κ3) is 3.10. The Labute approximate surface area is 161 Å². The zero-order valence-corrected chi connectivity index (χ0v) is 15.7. The van der Waals surface area contributed by atoms with Crippen LogP contribution in [0.15, 0.2) is 41.2 Å². The molecule has 7 heteroatoms. The minimum atomic E-state index is -0.316. The van der Waals surface area contributed by atoms with Crippen LogP contribution in [-0.2, 0) is 16.0 Å². The number of aromatic nitrogens is 2. The van der Waals surface area contributed by atoms with Crippen LogP contribution < -0.4 is 11.4 Å². The summed E-state index contributed by atoms with van der Waals surface area (Å²) in [6.07, 6.45) is 2.56. The van der Waals surface area contributed by atoms with Gasteiger partial charge in [0.25, 0.3) is 0 Å². The molecule has 0 aliphatic heterocycles. The van der Waals surface area contributed by atoms with Crippen molar-refractivity contribution in [1.82, 2.24) is 9.13 Å². The number of hydrogen-bond donors (Lipinski definition) is 1. The van der Waals surface area contributed by atoms with Gasteiger partial charge in [-0.2, -0.15) is 0 Å². The van der Waals surface area contributed by atoms with E-state index < -0.39 is 0 Å². The number of rotatable bonds is 5. The van der Waals surface area contributed by atoms with Crippen LogP contribution in [0, 0.1) is 0 Å². The Morgan fingerprint density at radius 2 is 2.04 bits per heavy atom. The predicted molar refractivity (Wildman–Crippen MR) is 106 cm³/mol. The van der Waals surface area contributed by atoms with Crippen molar-refractivity contribution in [2.45, 2.75) is 31.7 Å². The highest BCUT2D eigenvalue weighted by molar-refractivity contribution is 6.31. The van der Waals surface area contributed by atoms with Gasteiger partial charge in [0.15, 0.2) is 0 Å². The van der Waals surface area contributed by atoms with Crippen LogP contribution in [0.3, 0.4) is 0 Å². The molecule has 4 rings (SSSR count). The lowest BCUT2D eigenvalue weighted by molar-refractivity contribution is -0.140. The minimum absolute atomic E-state index is 0.111. The van der Waals surface area contributed by atoms with E-state index in [0.717, 1.165) is 29.4 Å². The van der Waals surface area contributed by atoms with Crippen molar-refractivity contribution >= 4 is 34.3 Å². The molecule has 1 fully saturated rings. The normalized spacial score (nSPS) is 13.9. The van der Waals surface area contributed by atoms with Gasteiger partial charge in [-0.15, -0.1) is 0 Å². The van der Waals surface area contributed by atoms with Gasteiger partial charge in [-0.25, -0.2) is 4.79 Å². The Balaban J connectivity index is 1.93. The molecule has 0 radical (unpaired) electrons. The van der Waals surface area contributed by atoms with Crippen LogP contribution in [0.4, 0.5) is 5.69 Å². The van der Waals surface area contributed by atoms with Crippen LogP contribution in [0.2, 0.25) is 5.02 Å². The molecule has 0 saturated heterocycles. The van der Waals surface area contributed by atoms with Crippen molar-refractivity contribution in [2.24, 2.45) is 0 Å². The van der Waals surface area contributed by atoms with Crippen LogP contribution in [0.25, 0.3) is 16.7 Å². The molecule has 6 nitrogen and oxygen atoms in total. The number of ether oxygens (including phenoxy) is 1. The van der Waals surface area contributed by atoms with Crippen molar-refractivity contribution in [3.63, 3.8) is 0 Å². The summed E-state index contributed by atoms with van der Waals surface area (Å²) in [6.45, 7) is 0. The molecule has 1 saturated carbocycles. The molecule has 0 atom stereocenters. The summed E-state index contributed by atoms with van der Waals surface area (Å²) < 4.78 is 8.23. The highest BCUT2D eigenvalue weighted by Gasteiger charge is 2.30. The summed E-state index contributed by atoms with van der Waals surface area (Å²) in [7, 11) is 1.36. The number of benzene rings is 2. The number of nitrogens with two attached hydrogens (primary N) is 1. The van der Waals surface area contributed by atoms with Crippen LogP contribution in [-0.4, -0.2) is 22.2 Å². The summed E-state index contributed by atoms with van der Waals surface area (Å²) in [4.78, 5) is 24.9. The fourth-order valence-electron chi connectivity index (χ4n) is 3.51. The first-order valence-corrected chi connectivity index (χ1v) is 9.26. The highest BCUT2D eigenvalue weighted by atomic mass is 35.5. The van der Waals surface area contributed by atoms with Gasteiger partial charge in [-0.3, -0.25) is 13.9 Å². The molecule has 1 aromatic heterocycles. The van der Waals surface area contributed by atoms with E-state index in [1.807, 2.05) is 28.8 Å². The van der Waals surface area contributed by atoms with E-state index in [1.165, 1.54) is 7.11 Å². The average Bonchev–Trinajstić information content (AvgIpc) is 3.43. The highest BCUT2D eigenvalue weighted by Crippen LogP contribution is 2.37. The van der Waals surface area contributed by atoms with Crippen molar-refractivity contribution in [1.29, 1.82) is 0 Å². The van der Waals surface area contributed by atoms with Gasteiger partial charge >= 0.3 is 11.7 Å². The lowest BCUT2D eigenvalue weighted by Gasteiger charge is -2.13. The number of methoxy groups -OCH3 is 1. The van der Waals surface area contributed by atoms with Gasteiger partial charge in [-0.05, 0) is 55.2 Å². The zero-order valence-electron chi connectivity index (χ0n) is 14.9. The molecule has 140 valence electrons. The second-order valence-corrected chi connectivity index (χ2v) is 7.21. The first-order valence-electron chi connectivity index (χ1n) is 8.88. The fourth-order valence-corrected chi connectivity index (χ4v) is 3.68. The molecule has 1 aliphatic carbocycles. The Morgan fingerprint density at radius 3 is 2.74 bits per heavy atom. The van der Waals surface area contributed by atoms with E-state index >= 15 is 0 Å². The monoisotopic (exact) mass is 385 g/mol. The second-order valence-electron chi connectivity index (χ2n) is 6.77. The SMILES string of the molecule is COC(=O)CCc1c(N)cccc1-n1c(=O)n(C2CC2)c2cc(Cl)ccc21. The number of imidazole rings is 1. The number of hydrogen-bond acceptors (Lipinski definition) is 4. The number of nitrogen functional groups attached to an aromatic ring is 1. The molecule has 1 aliphatic rings. The first kappa shape index (κ1) is 17.7. The summed E-state index contributed by atoms with van der Waals surface area (Å²) in [5.41, 5.74) is 9.67. The Kier molecular flexibility index (Phi) is 4.44. The van der Waals surface area contributed by atoms with Crippen LogP contribution in [0.5, 0.6) is 0 Å². The largest absolute Gasteiger partial charge is 0.469 e. The number of carbonyl (C=O) groups excluding carboxylic acids is 1. The standard InChI is InChI=1S/C20H20ClN3O3/c1-27-19(25)10-8-14-15(22)3-2-4-16(14)24-17-9-5-12(21)11-18(17)23(20(24)26)13-6-7-13/h2-5,9,11,13H,6-8,10,22H2,1H3. The molecule has 3 aromatic rings. The maximum atomic E-state index is 13.3. The Bertz CT molecular complexity index is 1100. The smallest absolute Gasteiger partial charge is 0.333 e. The van der Waals surface area contributed by atoms with Gasteiger partial charge in [0.1, 0.15) is 0 Å². The van der Waals surface area contributed by atoms with E-state index in [9.17, 15) is 9.59 Å². The third-order valence-corrected chi connectivity index (χ3v) is 5.22. The van der Waals surface area contributed by atoms with E-state index in [2.05, 4.69) is 0 Å². The predicted octanol–water partition coefficient (Wildman–Crippen LogP) is 3.47. The number of halogens is 1. The number of esters is 1. The van der Waals surface area contributed by atoms with Gasteiger partial charge in [0.2, 0.25) is 0 Å². The summed E-state index contributed by atoms with van der Waals surface area (Å²) in [5, 5.41) is 0.590. The van der Waals surface area contributed by atoms with E-state index in [-0.39, 0.29) is 24.1 Å². The quantitative estimate of drug-likeness (QED) is 0.538. The van der Waals surface area contributed by atoms with Gasteiger partial charge in [0.05, 0.1) is 23.8 Å². The summed E-state index contributed by atoms with van der Waals surface area (Å²) in [6, 6.07) is 11.1. The summed E-state index contributed by atoms with van der Waals surface area (Å²) >= 11 is 6.18. The Morgan fingerprint density at radius 1 is 1.26 bits per heavy atom. The number of anilines is 1. The second kappa shape index (κ2) is 6.78. The summed E-state index contributed by atoms with van der Waals surface area (Å²) in [5.74, 6) is -0.316. The third-order valence-electron chi connectivity index (χ3n) is 4.98. The lowest BCUT2D eigenvalue weighted by atomic mass is 10.0. The molecule has 1 heterocycles. The molecule has 27 heavy (non-hydrogen) atoms. The maximum Gasteiger partial charge on any atom is 0.333 e. The molecular formula is C20H20ClN3O3. The van der Waals surface area contributed by atoms with Gasteiger partial charge in [0, 0.05) is 23.2 Å². The molecule has 0 bridgehead atoms. The van der Waals surface area contributed by atoms with E-state index in [0.29, 0.717) is 22.8 Å². The van der Waals surface area contributed by atoms with Crippen molar-refractivity contribution in [3.8, 4) is 5.69 Å². The molecule has 2 aromatic carbocycles. The van der Waals surface area contributed by atoms with Gasteiger partial charge < -0.3 is 10.5 Å². The fraction of sp³-hybridized carbons (Fsp3) is 0.300. The number of carbonyl (C=O) groups is 1. The van der Waals surface area contributed by atoms with Crippen molar-refractivity contribution in [2.75, 3.05) is 12.8 Å². The van der Waals surface area contributed by atoms with E-state index in [4.69, 9.17) is 22.1 Å². The van der Waals surface area contributed by atoms with Gasteiger partial charge in [-0.1, -0.05) is 17.7 Å². The lowest BCUT2D eigenvalue weighted by Crippen LogP contribution is -2.23. The molecule has 0 amide bonds. The topological polar surface area (TPSA) is 79.2 Å². The maximum absolute atomic E-state index is 13.3. The average molecular weight is 386 g/mol. The molecule has 0 spiro atoms. The molecular weight excluding hydrogens is 366 g/mol. The Hall–Kier alpha value is -2.73. The van der Waals surface area contributed by atoms with E-state index in [1.54, 1.807) is 16.7 Å².